The fraction of sp³-hybridized carbons (Fsp3) is 0.618. The Morgan fingerprint density at radius 2 is 1.45 bits per heavy atom. The number of hydrogen-bond acceptors (Lipinski definition) is 7. The molecule has 10 heteroatoms. The van der Waals surface area contributed by atoms with Crippen LogP contribution in [-0.4, -0.2) is 54.4 Å². The third kappa shape index (κ3) is 9.67. The van der Waals surface area contributed by atoms with Crippen LogP contribution in [0.5, 0.6) is 0 Å². The summed E-state index contributed by atoms with van der Waals surface area (Å²) in [7, 11) is -4.57. The third-order valence-corrected chi connectivity index (χ3v) is 9.18. The second kappa shape index (κ2) is 13.8. The van der Waals surface area contributed by atoms with Crippen LogP contribution >= 0.6 is 0 Å². The van der Waals surface area contributed by atoms with Crippen molar-refractivity contribution in [1.82, 2.24) is 0 Å². The molecule has 2 aromatic carbocycles. The lowest BCUT2D eigenvalue weighted by Gasteiger charge is -2.42. The van der Waals surface area contributed by atoms with Gasteiger partial charge in [-0.25, -0.2) is 0 Å². The Morgan fingerprint density at radius 1 is 0.886 bits per heavy atom. The van der Waals surface area contributed by atoms with Crippen LogP contribution in [0.25, 0.3) is 10.8 Å². The van der Waals surface area contributed by atoms with Crippen LogP contribution in [0.4, 0.5) is 5.69 Å². The fourth-order valence-electron chi connectivity index (χ4n) is 4.97. The van der Waals surface area contributed by atoms with E-state index in [9.17, 15) is 27.4 Å². The Balaban J connectivity index is 2.31. The summed E-state index contributed by atoms with van der Waals surface area (Å²) >= 11 is 0. The molecule has 0 aromatic heterocycles. The van der Waals surface area contributed by atoms with Gasteiger partial charge in [0.15, 0.2) is 5.78 Å². The SMILES string of the molecule is CC(OC(C)(C)C)C(=O)C(C)(C)C(C)(C)OCCC(CCC(=O)C(C)(C)C)C(=O)Nc1cccc2cccc(S(=O)(=O)O)c12. The van der Waals surface area contributed by atoms with E-state index in [4.69, 9.17) is 9.47 Å². The quantitative estimate of drug-likeness (QED) is 0.212. The molecule has 0 aliphatic carbocycles. The molecule has 0 fully saturated rings. The molecule has 2 aromatic rings. The first kappa shape index (κ1) is 37.5. The Morgan fingerprint density at radius 3 is 1.98 bits per heavy atom. The van der Waals surface area contributed by atoms with Crippen molar-refractivity contribution in [3.63, 3.8) is 0 Å². The van der Waals surface area contributed by atoms with Gasteiger partial charge in [0.25, 0.3) is 10.1 Å². The maximum Gasteiger partial charge on any atom is 0.295 e. The number of Topliss-reactive ketones (excluding diaryl/α,β-unsaturated/α-hetero) is 2. The lowest BCUT2D eigenvalue weighted by atomic mass is 9.72. The number of benzene rings is 2. The third-order valence-electron chi connectivity index (χ3n) is 8.28. The van der Waals surface area contributed by atoms with Gasteiger partial charge in [-0.05, 0) is 71.9 Å². The van der Waals surface area contributed by atoms with Gasteiger partial charge in [-0.2, -0.15) is 8.42 Å². The molecule has 2 atom stereocenters. The maximum absolute atomic E-state index is 13.7. The molecule has 2 rings (SSSR count). The van der Waals surface area contributed by atoms with E-state index in [1.165, 1.54) is 12.1 Å². The second-order valence-corrected chi connectivity index (χ2v) is 15.9. The highest BCUT2D eigenvalue weighted by Crippen LogP contribution is 2.37. The molecule has 0 heterocycles. The maximum atomic E-state index is 13.7. The summed E-state index contributed by atoms with van der Waals surface area (Å²) in [6.07, 6.45) is 0.0205. The van der Waals surface area contributed by atoms with Gasteiger partial charge in [0, 0.05) is 35.4 Å². The van der Waals surface area contributed by atoms with Crippen molar-refractivity contribution in [2.24, 2.45) is 16.7 Å². The van der Waals surface area contributed by atoms with Crippen molar-refractivity contribution >= 4 is 44.1 Å². The van der Waals surface area contributed by atoms with Crippen molar-refractivity contribution < 1.29 is 36.8 Å². The molecule has 0 saturated carbocycles. The van der Waals surface area contributed by atoms with E-state index >= 15 is 0 Å². The summed E-state index contributed by atoms with van der Waals surface area (Å²) in [4.78, 5) is 39.6. The fourth-order valence-corrected chi connectivity index (χ4v) is 5.71. The summed E-state index contributed by atoms with van der Waals surface area (Å²) in [6, 6.07) is 9.41. The first-order valence-electron chi connectivity index (χ1n) is 15.1. The summed E-state index contributed by atoms with van der Waals surface area (Å²) in [5.74, 6) is -1.16. The highest BCUT2D eigenvalue weighted by atomic mass is 32.2. The molecule has 2 N–H and O–H groups in total. The molecule has 1 amide bonds. The molecule has 246 valence electrons. The number of ether oxygens (including phenoxy) is 2. The van der Waals surface area contributed by atoms with Gasteiger partial charge >= 0.3 is 0 Å². The molecule has 0 bridgehead atoms. The monoisotopic (exact) mass is 633 g/mol. The van der Waals surface area contributed by atoms with Crippen LogP contribution in [0.2, 0.25) is 0 Å². The van der Waals surface area contributed by atoms with Crippen molar-refractivity contribution in [3.8, 4) is 0 Å². The number of anilines is 1. The van der Waals surface area contributed by atoms with E-state index in [0.29, 0.717) is 5.39 Å². The minimum atomic E-state index is -4.57. The smallest absolute Gasteiger partial charge is 0.295 e. The van der Waals surface area contributed by atoms with E-state index < -0.39 is 50.1 Å². The number of hydrogen-bond donors (Lipinski definition) is 2. The van der Waals surface area contributed by atoms with Gasteiger partial charge in [-0.3, -0.25) is 18.9 Å². The molecule has 0 saturated heterocycles. The molecular formula is C34H51NO8S. The van der Waals surface area contributed by atoms with Crippen LogP contribution in [0.15, 0.2) is 41.3 Å². The average molecular weight is 634 g/mol. The lowest BCUT2D eigenvalue weighted by Crippen LogP contribution is -2.51. The van der Waals surface area contributed by atoms with Crippen molar-refractivity contribution in [1.29, 1.82) is 0 Å². The molecular weight excluding hydrogens is 582 g/mol. The van der Waals surface area contributed by atoms with Crippen molar-refractivity contribution in [3.05, 3.63) is 36.4 Å². The van der Waals surface area contributed by atoms with Crippen LogP contribution in [0, 0.1) is 16.7 Å². The van der Waals surface area contributed by atoms with Gasteiger partial charge in [0.1, 0.15) is 16.8 Å². The zero-order valence-corrected chi connectivity index (χ0v) is 29.0. The number of rotatable bonds is 14. The topological polar surface area (TPSA) is 136 Å². The van der Waals surface area contributed by atoms with E-state index in [0.717, 1.165) is 0 Å². The highest BCUT2D eigenvalue weighted by Gasteiger charge is 2.46. The molecule has 0 radical (unpaired) electrons. The van der Waals surface area contributed by atoms with Crippen LogP contribution in [-0.2, 0) is 34.0 Å². The second-order valence-electron chi connectivity index (χ2n) is 14.5. The predicted octanol–water partition coefficient (Wildman–Crippen LogP) is 7.02. The van der Waals surface area contributed by atoms with Crippen LogP contribution < -0.4 is 5.32 Å². The Labute approximate surface area is 263 Å². The average Bonchev–Trinajstić information content (AvgIpc) is 2.87. The number of ketones is 2. The Hall–Kier alpha value is -2.66. The van der Waals surface area contributed by atoms with E-state index in [1.54, 1.807) is 31.2 Å². The van der Waals surface area contributed by atoms with Crippen LogP contribution in [0.1, 0.15) is 95.4 Å². The molecule has 0 aliphatic rings. The van der Waals surface area contributed by atoms with Gasteiger partial charge in [-0.15, -0.1) is 0 Å². The van der Waals surface area contributed by atoms with Gasteiger partial charge in [-0.1, -0.05) is 58.9 Å². The standard InChI is InChI=1S/C34H51NO8S/c1-22(43-32(5,6)7)29(37)33(8,9)34(10,11)42-21-20-24(18-19-27(36)31(2,3)4)30(38)35-25-16-12-14-23-15-13-17-26(28(23)25)44(39,40)41/h12-17,22,24H,18-21H2,1-11H3,(H,35,38)(H,39,40,41). The predicted molar refractivity (Wildman–Crippen MR) is 173 cm³/mol. The summed E-state index contributed by atoms with van der Waals surface area (Å²) in [6.45, 7) is 20.3. The first-order chi connectivity index (χ1) is 19.9. The van der Waals surface area contributed by atoms with E-state index in [2.05, 4.69) is 5.32 Å². The largest absolute Gasteiger partial charge is 0.375 e. The molecule has 44 heavy (non-hydrogen) atoms. The minimum Gasteiger partial charge on any atom is -0.375 e. The summed E-state index contributed by atoms with van der Waals surface area (Å²) in [5, 5.41) is 3.56. The van der Waals surface area contributed by atoms with E-state index in [-0.39, 0.29) is 53.4 Å². The summed E-state index contributed by atoms with van der Waals surface area (Å²) in [5.41, 5.74) is -2.67. The van der Waals surface area contributed by atoms with Gasteiger partial charge < -0.3 is 14.8 Å². The highest BCUT2D eigenvalue weighted by molar-refractivity contribution is 7.86. The zero-order chi connectivity index (χ0) is 33.9. The number of nitrogens with one attached hydrogen (secondary N) is 1. The Kier molecular flexibility index (Phi) is 11.7. The molecule has 0 aliphatic heterocycles. The number of carbonyl (C=O) groups is 3. The van der Waals surface area contributed by atoms with Crippen molar-refractivity contribution in [2.75, 3.05) is 11.9 Å². The minimum absolute atomic E-state index is 0.00920. The molecule has 2 unspecified atom stereocenters. The number of amides is 1. The molecule has 0 spiro atoms. The zero-order valence-electron chi connectivity index (χ0n) is 28.2. The first-order valence-corrected chi connectivity index (χ1v) is 16.5. The normalized spacial score (nSPS) is 14.7. The van der Waals surface area contributed by atoms with Gasteiger partial charge in [0.2, 0.25) is 5.91 Å². The van der Waals surface area contributed by atoms with Crippen molar-refractivity contribution in [2.45, 2.75) is 118 Å². The summed E-state index contributed by atoms with van der Waals surface area (Å²) < 4.78 is 46.3. The van der Waals surface area contributed by atoms with Gasteiger partial charge in [0.05, 0.1) is 16.6 Å². The number of fused-ring (bicyclic) bond motifs is 1. The Bertz CT molecular complexity index is 1460. The number of carbonyl (C=O) groups excluding carboxylic acids is 3. The van der Waals surface area contributed by atoms with Crippen LogP contribution in [0.3, 0.4) is 0 Å². The lowest BCUT2D eigenvalue weighted by molar-refractivity contribution is -0.166. The van der Waals surface area contributed by atoms with E-state index in [1.807, 2.05) is 69.2 Å². The molecule has 9 nitrogen and oxygen atoms in total.